The molecule has 3 unspecified atom stereocenters. The number of nitriles is 1. The first-order valence-electron chi connectivity index (χ1n) is 13.2. The van der Waals surface area contributed by atoms with E-state index in [-0.39, 0.29) is 17.4 Å². The third-order valence-corrected chi connectivity index (χ3v) is 9.19. The second-order valence-electron chi connectivity index (χ2n) is 11.5. The fraction of sp³-hybridized carbons (Fsp3) is 0.533. The van der Waals surface area contributed by atoms with E-state index in [1.165, 1.54) is 18.4 Å². The van der Waals surface area contributed by atoms with Gasteiger partial charge in [0.05, 0.1) is 11.6 Å². The Morgan fingerprint density at radius 2 is 2.03 bits per heavy atom. The number of H-pyrrole nitrogens is 1. The molecular formula is C30H35N3O2. The number of rotatable bonds is 4. The Hall–Kier alpha value is -2.68. The van der Waals surface area contributed by atoms with Crippen molar-refractivity contribution in [1.29, 1.82) is 5.26 Å². The van der Waals surface area contributed by atoms with Crippen LogP contribution >= 0.6 is 0 Å². The minimum Gasteiger partial charge on any atom is -0.366 e. The van der Waals surface area contributed by atoms with Crippen LogP contribution in [-0.4, -0.2) is 41.1 Å². The number of likely N-dealkylation sites (tertiary alicyclic amines) is 1. The third-order valence-electron chi connectivity index (χ3n) is 9.19. The molecule has 0 bridgehead atoms. The summed E-state index contributed by atoms with van der Waals surface area (Å²) in [4.78, 5) is 19.7. The van der Waals surface area contributed by atoms with Gasteiger partial charge in [-0.15, -0.1) is 0 Å². The molecule has 0 radical (unpaired) electrons. The Bertz CT molecular complexity index is 1370. The highest BCUT2D eigenvalue weighted by atomic mass is 16.5. The molecule has 1 saturated heterocycles. The Morgan fingerprint density at radius 3 is 2.71 bits per heavy atom. The lowest BCUT2D eigenvalue weighted by molar-refractivity contribution is -0.0966. The minimum atomic E-state index is -0.773. The highest BCUT2D eigenvalue weighted by Crippen LogP contribution is 2.45. The van der Waals surface area contributed by atoms with Gasteiger partial charge >= 0.3 is 0 Å². The van der Waals surface area contributed by atoms with Gasteiger partial charge in [-0.3, -0.25) is 9.69 Å². The number of benzene rings is 1. The largest absolute Gasteiger partial charge is 0.366 e. The number of fused-ring (bicyclic) bond motifs is 4. The van der Waals surface area contributed by atoms with Crippen LogP contribution in [0.2, 0.25) is 0 Å². The second-order valence-corrected chi connectivity index (χ2v) is 11.5. The van der Waals surface area contributed by atoms with Crippen molar-refractivity contribution in [3.8, 4) is 6.07 Å². The van der Waals surface area contributed by atoms with Crippen LogP contribution in [0.25, 0.3) is 12.2 Å². The highest BCUT2D eigenvalue weighted by molar-refractivity contribution is 6.13. The van der Waals surface area contributed by atoms with E-state index in [9.17, 15) is 10.1 Å². The fourth-order valence-electron chi connectivity index (χ4n) is 6.90. The summed E-state index contributed by atoms with van der Waals surface area (Å²) in [6.07, 6.45) is 10.4. The van der Waals surface area contributed by atoms with Crippen molar-refractivity contribution in [2.24, 2.45) is 11.8 Å². The van der Waals surface area contributed by atoms with Crippen molar-refractivity contribution in [3.63, 3.8) is 0 Å². The quantitative estimate of drug-likeness (QED) is 0.740. The average Bonchev–Trinajstić information content (AvgIpc) is 3.66. The molecule has 1 aromatic carbocycles. The van der Waals surface area contributed by atoms with Crippen LogP contribution in [0, 0.1) is 23.2 Å². The summed E-state index contributed by atoms with van der Waals surface area (Å²) in [7, 11) is 1.77. The summed E-state index contributed by atoms with van der Waals surface area (Å²) in [5.74, 6) is 1.65. The molecule has 2 heterocycles. The number of aryl methyl sites for hydroxylation is 1. The molecule has 2 fully saturated rings. The summed E-state index contributed by atoms with van der Waals surface area (Å²) in [5.41, 5.74) is 3.71. The lowest BCUT2D eigenvalue weighted by Gasteiger charge is -2.46. The predicted octanol–water partition coefficient (Wildman–Crippen LogP) is 3.77. The topological polar surface area (TPSA) is 69.1 Å². The van der Waals surface area contributed by atoms with Crippen LogP contribution in [-0.2, 0) is 16.6 Å². The van der Waals surface area contributed by atoms with Crippen molar-refractivity contribution < 1.29 is 9.53 Å². The van der Waals surface area contributed by atoms with Gasteiger partial charge in [0, 0.05) is 47.3 Å². The molecule has 3 atom stereocenters. The zero-order valence-corrected chi connectivity index (χ0v) is 21.3. The maximum atomic E-state index is 13.8. The van der Waals surface area contributed by atoms with Gasteiger partial charge in [0.15, 0.2) is 5.78 Å². The van der Waals surface area contributed by atoms with Crippen molar-refractivity contribution in [2.45, 2.75) is 76.5 Å². The van der Waals surface area contributed by atoms with Gasteiger partial charge in [0.25, 0.3) is 0 Å². The molecule has 4 aliphatic rings. The number of hydrogen-bond acceptors (Lipinski definition) is 4. The molecule has 5 heteroatoms. The first kappa shape index (κ1) is 22.8. The van der Waals surface area contributed by atoms with Gasteiger partial charge in [0.1, 0.15) is 11.8 Å². The van der Waals surface area contributed by atoms with Crippen molar-refractivity contribution >= 4 is 17.9 Å². The molecule has 0 amide bonds. The number of ether oxygens (including phenoxy) is 1. The Kier molecular flexibility index (Phi) is 5.15. The van der Waals surface area contributed by atoms with Crippen molar-refractivity contribution in [3.05, 3.63) is 56.7 Å². The van der Waals surface area contributed by atoms with Gasteiger partial charge in [-0.25, -0.2) is 0 Å². The lowest BCUT2D eigenvalue weighted by Crippen LogP contribution is -2.58. The number of ketones is 1. The first-order chi connectivity index (χ1) is 16.8. The molecule has 0 spiro atoms. The van der Waals surface area contributed by atoms with E-state index < -0.39 is 5.54 Å². The van der Waals surface area contributed by atoms with Gasteiger partial charge < -0.3 is 9.72 Å². The van der Waals surface area contributed by atoms with E-state index >= 15 is 0 Å². The molecule has 1 aromatic heterocycles. The number of aromatic amines is 1. The molecule has 3 aliphatic carbocycles. The van der Waals surface area contributed by atoms with E-state index in [4.69, 9.17) is 4.74 Å². The maximum absolute atomic E-state index is 13.8. The number of carbonyl (C=O) groups excluding carboxylic acids is 1. The monoisotopic (exact) mass is 469 g/mol. The van der Waals surface area contributed by atoms with Crippen LogP contribution < -0.4 is 10.6 Å². The van der Waals surface area contributed by atoms with Gasteiger partial charge in [0.2, 0.25) is 0 Å². The number of nitrogens with one attached hydrogen (secondary N) is 1. The maximum Gasteiger partial charge on any atom is 0.195 e. The van der Waals surface area contributed by atoms with Gasteiger partial charge in [-0.1, -0.05) is 39.0 Å². The number of methoxy groups -OCH3 is 1. The van der Waals surface area contributed by atoms with Crippen LogP contribution in [0.1, 0.15) is 85.6 Å². The van der Waals surface area contributed by atoms with E-state index in [2.05, 4.69) is 67.1 Å². The Labute approximate surface area is 207 Å². The van der Waals surface area contributed by atoms with Crippen LogP contribution in [0.3, 0.4) is 0 Å². The van der Waals surface area contributed by atoms with E-state index in [1.807, 2.05) is 0 Å². The molecule has 35 heavy (non-hydrogen) atoms. The molecule has 1 aliphatic heterocycles. The fourth-order valence-corrected chi connectivity index (χ4v) is 6.90. The summed E-state index contributed by atoms with van der Waals surface area (Å²) in [6.45, 7) is 7.36. The Morgan fingerprint density at radius 1 is 1.23 bits per heavy atom. The normalized spacial score (nSPS) is 29.3. The number of hydrogen-bond donors (Lipinski definition) is 1. The summed E-state index contributed by atoms with van der Waals surface area (Å²) in [6, 6.07) is 8.98. The Balaban J connectivity index is 1.45. The molecule has 182 valence electrons. The zero-order chi connectivity index (χ0) is 24.5. The molecule has 2 aromatic rings. The van der Waals surface area contributed by atoms with Crippen molar-refractivity contribution in [2.75, 3.05) is 13.7 Å². The minimum absolute atomic E-state index is 0.0559. The molecule has 1 saturated carbocycles. The summed E-state index contributed by atoms with van der Waals surface area (Å²) >= 11 is 0. The number of piperidine rings is 1. The number of nitrogens with zero attached hydrogens (tertiary/aromatic N) is 2. The smallest absolute Gasteiger partial charge is 0.195 e. The lowest BCUT2D eigenvalue weighted by atomic mass is 9.71. The molecule has 6 rings (SSSR count). The average molecular weight is 470 g/mol. The van der Waals surface area contributed by atoms with Gasteiger partial charge in [-0.2, -0.15) is 5.26 Å². The van der Waals surface area contributed by atoms with E-state index in [0.29, 0.717) is 12.3 Å². The van der Waals surface area contributed by atoms with Crippen LogP contribution in [0.4, 0.5) is 0 Å². The second kappa shape index (κ2) is 7.91. The standard InChI is InChI=1S/C30H35N3O2/c1-5-18-6-9-23-22(14-18)27(34)26-21-10-12-30(17-31,16-24(21)32-28(26)29(23,2)3)33-13-11-20(19-7-8-19)15-25(33)35-4/h6,9-10,14,16,19-20,25,32H,5,7-8,11-13,15H2,1-4H3. The summed E-state index contributed by atoms with van der Waals surface area (Å²) in [5, 5.41) is 12.4. The zero-order valence-electron chi connectivity index (χ0n) is 21.3. The molecule has 1 N–H and O–H groups in total. The van der Waals surface area contributed by atoms with E-state index in [1.54, 1.807) is 7.11 Å². The van der Waals surface area contributed by atoms with Crippen molar-refractivity contribution in [1.82, 2.24) is 9.88 Å². The predicted molar refractivity (Wildman–Crippen MR) is 136 cm³/mol. The van der Waals surface area contributed by atoms with Crippen LogP contribution in [0.15, 0.2) is 18.2 Å². The SMILES string of the molecule is CCc1ccc2c(c1)C(=O)c1c([nH]c3c1=CCC(C#N)(N1CCC(C4CC4)CC1OC)C=3)C2(C)C. The first-order valence-corrected chi connectivity index (χ1v) is 13.2. The van der Waals surface area contributed by atoms with Gasteiger partial charge in [-0.05, 0) is 67.2 Å². The van der Waals surface area contributed by atoms with E-state index in [0.717, 1.165) is 64.7 Å². The number of carbonyl (C=O) groups is 1. The van der Waals surface area contributed by atoms with Crippen LogP contribution in [0.5, 0.6) is 0 Å². The highest BCUT2D eigenvalue weighted by Gasteiger charge is 2.47. The molecule has 5 nitrogen and oxygen atoms in total. The third kappa shape index (κ3) is 3.30. The molecular weight excluding hydrogens is 434 g/mol. The summed E-state index contributed by atoms with van der Waals surface area (Å²) < 4.78 is 5.95. The number of aromatic nitrogens is 1.